The molecule has 0 bridgehead atoms. The Morgan fingerprint density at radius 2 is 1.50 bits per heavy atom. The number of benzene rings is 1. The van der Waals surface area contributed by atoms with E-state index < -0.39 is 24.0 Å². The van der Waals surface area contributed by atoms with Gasteiger partial charge < -0.3 is 9.31 Å². The number of halogens is 1. The third-order valence-electron chi connectivity index (χ3n) is 4.52. The second kappa shape index (κ2) is 6.11. The second-order valence-electron chi connectivity index (χ2n) is 6.81. The first-order chi connectivity index (χ1) is 11.3. The highest BCUT2D eigenvalue weighted by Crippen LogP contribution is 2.38. The van der Waals surface area contributed by atoms with E-state index >= 15 is 0 Å². The molecule has 3 rings (SSSR count). The Balaban J connectivity index is 1.77. The summed E-state index contributed by atoms with van der Waals surface area (Å²) in [6, 6.07) is 9.78. The van der Waals surface area contributed by atoms with Crippen molar-refractivity contribution in [2.24, 2.45) is 0 Å². The van der Waals surface area contributed by atoms with Crippen LogP contribution in [0.2, 0.25) is 0 Å². The molecule has 1 aliphatic heterocycles. The van der Waals surface area contributed by atoms with Gasteiger partial charge in [0, 0.05) is 24.0 Å². The largest absolute Gasteiger partial charge is 0.525 e. The van der Waals surface area contributed by atoms with Gasteiger partial charge in [0.25, 0.3) is 0 Å². The first-order valence-corrected chi connectivity index (χ1v) is 7.89. The highest BCUT2D eigenvalue weighted by molar-refractivity contribution is 6.54. The fourth-order valence-corrected chi connectivity index (χ4v) is 2.34. The smallest absolute Gasteiger partial charge is 0.398 e. The fraction of sp³-hybridized carbons (Fsp3) is 0.333. The minimum absolute atomic E-state index is 0.280. The Hall–Kier alpha value is -2.05. The normalized spacial score (nSPS) is 19.5. The highest BCUT2D eigenvalue weighted by atomic mass is 19.1. The van der Waals surface area contributed by atoms with E-state index in [9.17, 15) is 4.39 Å². The molecule has 2 heterocycles. The monoisotopic (exact) mass is 326 g/mol. The number of nitrogens with zero attached hydrogens (tertiary/aromatic N) is 2. The maximum atomic E-state index is 14.4. The van der Waals surface area contributed by atoms with Crippen LogP contribution < -0.4 is 0 Å². The highest BCUT2D eigenvalue weighted by Gasteiger charge is 2.53. The maximum absolute atomic E-state index is 14.4. The summed E-state index contributed by atoms with van der Waals surface area (Å²) in [5.74, 6) is 0.280. The van der Waals surface area contributed by atoms with Crippen molar-refractivity contribution in [1.82, 2.24) is 9.97 Å². The average molecular weight is 326 g/mol. The molecule has 24 heavy (non-hydrogen) atoms. The van der Waals surface area contributed by atoms with Crippen molar-refractivity contribution in [1.29, 1.82) is 0 Å². The summed E-state index contributed by atoms with van der Waals surface area (Å²) in [4.78, 5) is 8.40. The van der Waals surface area contributed by atoms with Crippen LogP contribution >= 0.6 is 0 Å². The van der Waals surface area contributed by atoms with E-state index in [1.165, 1.54) is 6.08 Å². The first-order valence-electron chi connectivity index (χ1n) is 7.89. The number of hydrogen-bond donors (Lipinski definition) is 0. The summed E-state index contributed by atoms with van der Waals surface area (Å²) in [7, 11) is -1.03. The Labute approximate surface area is 141 Å². The third-order valence-corrected chi connectivity index (χ3v) is 4.52. The first kappa shape index (κ1) is 16.8. The average Bonchev–Trinajstić information content (AvgIpc) is 2.77. The zero-order valence-electron chi connectivity index (χ0n) is 14.3. The molecule has 0 amide bonds. The van der Waals surface area contributed by atoms with Gasteiger partial charge in [-0.05, 0) is 33.3 Å². The molecule has 0 atom stereocenters. The van der Waals surface area contributed by atoms with Gasteiger partial charge in [0.15, 0.2) is 5.82 Å². The van der Waals surface area contributed by atoms with Crippen LogP contribution in [0.25, 0.3) is 17.2 Å². The lowest BCUT2D eigenvalue weighted by atomic mass is 9.87. The van der Waals surface area contributed by atoms with Crippen LogP contribution in [-0.4, -0.2) is 28.3 Å². The lowest BCUT2D eigenvalue weighted by Gasteiger charge is -2.32. The molecule has 6 heteroatoms. The van der Waals surface area contributed by atoms with Gasteiger partial charge in [-0.2, -0.15) is 0 Å². The molecule has 0 saturated carbocycles. The Morgan fingerprint density at radius 3 is 2.04 bits per heavy atom. The molecule has 0 radical (unpaired) electrons. The van der Waals surface area contributed by atoms with Crippen molar-refractivity contribution in [3.05, 3.63) is 54.3 Å². The molecular formula is C18H20BFN2O2. The quantitative estimate of drug-likeness (QED) is 0.797. The van der Waals surface area contributed by atoms with Crippen molar-refractivity contribution in [2.45, 2.75) is 38.9 Å². The van der Waals surface area contributed by atoms with E-state index in [2.05, 4.69) is 9.97 Å². The van der Waals surface area contributed by atoms with Crippen LogP contribution in [0.15, 0.2) is 48.5 Å². The summed E-state index contributed by atoms with van der Waals surface area (Å²) in [5.41, 5.74) is 0.186. The molecular weight excluding hydrogens is 306 g/mol. The summed E-state index contributed by atoms with van der Waals surface area (Å²) in [5, 5.41) is 0. The molecule has 1 aromatic carbocycles. The van der Waals surface area contributed by atoms with E-state index in [1.54, 1.807) is 12.4 Å². The van der Waals surface area contributed by atoms with Crippen molar-refractivity contribution in [3.63, 3.8) is 0 Å². The number of rotatable bonds is 3. The standard InChI is InChI=1S/C18H20BFN2O2/c1-17(2)18(3,4)24-19(23-17)15(20)10-16-21-11-14(12-22-16)13-8-6-5-7-9-13/h5-12H,1-4H3. The third kappa shape index (κ3) is 3.25. The van der Waals surface area contributed by atoms with E-state index in [0.29, 0.717) is 0 Å². The lowest BCUT2D eigenvalue weighted by molar-refractivity contribution is 0.00578. The Morgan fingerprint density at radius 1 is 0.958 bits per heavy atom. The maximum Gasteiger partial charge on any atom is 0.525 e. The lowest BCUT2D eigenvalue weighted by Crippen LogP contribution is -2.41. The van der Waals surface area contributed by atoms with Gasteiger partial charge in [-0.15, -0.1) is 0 Å². The molecule has 1 fully saturated rings. The summed E-state index contributed by atoms with van der Waals surface area (Å²) in [6.07, 6.45) is 4.59. The molecule has 0 unspecified atom stereocenters. The summed E-state index contributed by atoms with van der Waals surface area (Å²) in [6.45, 7) is 7.52. The molecule has 0 spiro atoms. The van der Waals surface area contributed by atoms with Crippen molar-refractivity contribution in [2.75, 3.05) is 0 Å². The van der Waals surface area contributed by atoms with Gasteiger partial charge in [0.2, 0.25) is 0 Å². The molecule has 1 saturated heterocycles. The van der Waals surface area contributed by atoms with Gasteiger partial charge in [0.05, 0.1) is 11.2 Å². The fourth-order valence-electron chi connectivity index (χ4n) is 2.34. The zero-order valence-corrected chi connectivity index (χ0v) is 14.3. The predicted molar refractivity (Wildman–Crippen MR) is 92.6 cm³/mol. The van der Waals surface area contributed by atoms with Crippen LogP contribution in [0.1, 0.15) is 33.5 Å². The van der Waals surface area contributed by atoms with E-state index in [1.807, 2.05) is 58.0 Å². The second-order valence-corrected chi connectivity index (χ2v) is 6.81. The Bertz CT molecular complexity index is 729. The predicted octanol–water partition coefficient (Wildman–Crippen LogP) is 4.09. The van der Waals surface area contributed by atoms with E-state index in [-0.39, 0.29) is 5.82 Å². The molecule has 2 aromatic rings. The van der Waals surface area contributed by atoms with Gasteiger partial charge in [0.1, 0.15) is 5.73 Å². The SMILES string of the molecule is CC1(C)OB(C(F)=Cc2ncc(-c3ccccc3)cn2)OC1(C)C. The van der Waals surface area contributed by atoms with Gasteiger partial charge >= 0.3 is 7.12 Å². The molecule has 4 nitrogen and oxygen atoms in total. The minimum Gasteiger partial charge on any atom is -0.398 e. The van der Waals surface area contributed by atoms with Crippen LogP contribution in [0.4, 0.5) is 4.39 Å². The van der Waals surface area contributed by atoms with Crippen LogP contribution in [-0.2, 0) is 9.31 Å². The molecule has 1 aromatic heterocycles. The summed E-state index contributed by atoms with van der Waals surface area (Å²) >= 11 is 0. The van der Waals surface area contributed by atoms with Gasteiger partial charge in [-0.25, -0.2) is 14.4 Å². The van der Waals surface area contributed by atoms with Crippen molar-refractivity contribution >= 4 is 13.2 Å². The minimum atomic E-state index is -1.03. The number of hydrogen-bond acceptors (Lipinski definition) is 4. The molecule has 0 aliphatic carbocycles. The topological polar surface area (TPSA) is 44.2 Å². The van der Waals surface area contributed by atoms with E-state index in [4.69, 9.17) is 9.31 Å². The van der Waals surface area contributed by atoms with Crippen molar-refractivity contribution in [3.8, 4) is 11.1 Å². The van der Waals surface area contributed by atoms with Crippen LogP contribution in [0.3, 0.4) is 0 Å². The molecule has 124 valence electrons. The zero-order chi connectivity index (χ0) is 17.4. The molecule has 0 N–H and O–H groups in total. The number of aromatic nitrogens is 2. The van der Waals surface area contributed by atoms with Crippen molar-refractivity contribution < 1.29 is 13.7 Å². The van der Waals surface area contributed by atoms with Gasteiger partial charge in [-0.3, -0.25) is 0 Å². The van der Waals surface area contributed by atoms with Crippen LogP contribution in [0.5, 0.6) is 0 Å². The molecule has 1 aliphatic rings. The van der Waals surface area contributed by atoms with Gasteiger partial charge in [-0.1, -0.05) is 30.3 Å². The van der Waals surface area contributed by atoms with Crippen LogP contribution in [0, 0.1) is 0 Å². The summed E-state index contributed by atoms with van der Waals surface area (Å²) < 4.78 is 25.8. The Kier molecular flexibility index (Phi) is 4.28. The van der Waals surface area contributed by atoms with E-state index in [0.717, 1.165) is 11.1 Å².